The number of carboxylic acid groups (broad SMARTS) is 2. The maximum Gasteiger partial charge on any atom is 0.490 e. The fraction of sp³-hybridized carbons (Fsp3) is 0.333. The molecule has 0 radical (unpaired) electrons. The first-order valence-corrected chi connectivity index (χ1v) is 10.3. The molecule has 3 N–H and O–H groups in total. The van der Waals surface area contributed by atoms with E-state index < -0.39 is 24.2 Å². The first-order valence-electron chi connectivity index (χ1n) is 9.56. The maximum atomic E-state index is 12.3. The van der Waals surface area contributed by atoms with Crippen molar-refractivity contribution in [1.82, 2.24) is 10.3 Å². The minimum absolute atomic E-state index is 0.175. The number of ether oxygens (including phenoxy) is 1. The zero-order chi connectivity index (χ0) is 26.1. The van der Waals surface area contributed by atoms with E-state index in [9.17, 15) is 27.9 Å². The standard InChI is InChI=1S/C19H20Cl2N2O4.C2HF3O2/c1-11(2)27-17(19(25)26)8-12-5-6-22-14(7-12)10-23-18(24)15-4-3-13(20)9-16(15)21;3-2(4,5)1(6)7/h3-7,9,11,17H,8,10H2,1-2H3,(H,23,24)(H,25,26);(H,6,7). The van der Waals surface area contributed by atoms with Crippen LogP contribution < -0.4 is 5.32 Å². The predicted molar refractivity (Wildman–Crippen MR) is 117 cm³/mol. The van der Waals surface area contributed by atoms with Gasteiger partial charge >= 0.3 is 18.1 Å². The number of hydrogen-bond acceptors (Lipinski definition) is 5. The summed E-state index contributed by atoms with van der Waals surface area (Å²) in [5.74, 6) is -4.13. The lowest BCUT2D eigenvalue weighted by Crippen LogP contribution is -2.29. The van der Waals surface area contributed by atoms with Crippen molar-refractivity contribution < 1.29 is 42.5 Å². The summed E-state index contributed by atoms with van der Waals surface area (Å²) in [6.45, 7) is 3.74. The van der Waals surface area contributed by atoms with Crippen molar-refractivity contribution in [2.45, 2.75) is 45.2 Å². The third-order valence-electron chi connectivity index (χ3n) is 3.86. The minimum Gasteiger partial charge on any atom is -0.479 e. The number of halogens is 5. The van der Waals surface area contributed by atoms with Gasteiger partial charge in [-0.1, -0.05) is 23.2 Å². The number of aromatic nitrogens is 1. The Hall–Kier alpha value is -2.89. The van der Waals surface area contributed by atoms with E-state index in [0.29, 0.717) is 16.3 Å². The van der Waals surface area contributed by atoms with Crippen LogP contribution in [0.4, 0.5) is 13.2 Å². The van der Waals surface area contributed by atoms with E-state index >= 15 is 0 Å². The SMILES string of the molecule is CC(C)OC(Cc1ccnc(CNC(=O)c2ccc(Cl)cc2Cl)c1)C(=O)O.O=C(O)C(F)(F)F. The van der Waals surface area contributed by atoms with Crippen molar-refractivity contribution in [3.8, 4) is 0 Å². The fourth-order valence-corrected chi connectivity index (χ4v) is 2.92. The highest BCUT2D eigenvalue weighted by Gasteiger charge is 2.38. The summed E-state index contributed by atoms with van der Waals surface area (Å²) in [5, 5.41) is 19.8. The number of hydrogen-bond donors (Lipinski definition) is 3. The molecule has 1 heterocycles. The van der Waals surface area contributed by atoms with Crippen LogP contribution in [0.2, 0.25) is 10.0 Å². The van der Waals surface area contributed by atoms with Gasteiger partial charge in [-0.25, -0.2) is 9.59 Å². The monoisotopic (exact) mass is 524 g/mol. The molecule has 1 aromatic heterocycles. The third-order valence-corrected chi connectivity index (χ3v) is 4.41. The molecule has 0 aliphatic heterocycles. The molecule has 8 nitrogen and oxygen atoms in total. The fourth-order valence-electron chi connectivity index (χ4n) is 2.43. The highest BCUT2D eigenvalue weighted by molar-refractivity contribution is 6.36. The van der Waals surface area contributed by atoms with E-state index in [1.165, 1.54) is 6.07 Å². The van der Waals surface area contributed by atoms with Crippen LogP contribution in [0, 0.1) is 0 Å². The lowest BCUT2D eigenvalue weighted by molar-refractivity contribution is -0.192. The highest BCUT2D eigenvalue weighted by atomic mass is 35.5. The van der Waals surface area contributed by atoms with Gasteiger partial charge in [0.1, 0.15) is 0 Å². The van der Waals surface area contributed by atoms with E-state index in [1.54, 1.807) is 44.3 Å². The molecule has 13 heteroatoms. The Balaban J connectivity index is 0.000000718. The summed E-state index contributed by atoms with van der Waals surface area (Å²) < 4.78 is 37.2. The number of pyridine rings is 1. The van der Waals surface area contributed by atoms with Gasteiger partial charge in [0, 0.05) is 17.6 Å². The molecule has 1 amide bonds. The van der Waals surface area contributed by atoms with Gasteiger partial charge in [-0.2, -0.15) is 13.2 Å². The molecule has 34 heavy (non-hydrogen) atoms. The van der Waals surface area contributed by atoms with Crippen LogP contribution in [0.1, 0.15) is 35.5 Å². The van der Waals surface area contributed by atoms with Crippen molar-refractivity contribution in [3.63, 3.8) is 0 Å². The molecule has 0 saturated carbocycles. The van der Waals surface area contributed by atoms with Crippen LogP contribution in [0.3, 0.4) is 0 Å². The number of carbonyl (C=O) groups is 3. The second-order valence-corrected chi connectivity index (χ2v) is 7.82. The second-order valence-electron chi connectivity index (χ2n) is 6.98. The van der Waals surface area contributed by atoms with E-state index in [1.807, 2.05) is 0 Å². The van der Waals surface area contributed by atoms with Crippen molar-refractivity contribution in [2.75, 3.05) is 0 Å². The molecule has 0 fully saturated rings. The van der Waals surface area contributed by atoms with Crippen molar-refractivity contribution in [2.24, 2.45) is 0 Å². The molecule has 1 aromatic carbocycles. The molecule has 186 valence electrons. The van der Waals surface area contributed by atoms with E-state index in [0.717, 1.165) is 5.56 Å². The van der Waals surface area contributed by atoms with Gasteiger partial charge in [-0.05, 0) is 49.7 Å². The van der Waals surface area contributed by atoms with Crippen LogP contribution in [-0.2, 0) is 27.3 Å². The number of nitrogens with one attached hydrogen (secondary N) is 1. The van der Waals surface area contributed by atoms with Gasteiger partial charge < -0.3 is 20.3 Å². The smallest absolute Gasteiger partial charge is 0.479 e. The second kappa shape index (κ2) is 13.1. The number of benzene rings is 1. The molecule has 2 aromatic rings. The van der Waals surface area contributed by atoms with Gasteiger partial charge in [0.15, 0.2) is 6.10 Å². The molecule has 0 saturated heterocycles. The van der Waals surface area contributed by atoms with Crippen LogP contribution in [0.5, 0.6) is 0 Å². The van der Waals surface area contributed by atoms with Gasteiger partial charge in [0.05, 0.1) is 28.9 Å². The average molecular weight is 525 g/mol. The quantitative estimate of drug-likeness (QED) is 0.467. The Morgan fingerprint density at radius 3 is 2.24 bits per heavy atom. The Bertz CT molecular complexity index is 1020. The molecule has 2 rings (SSSR count). The first-order chi connectivity index (χ1) is 15.7. The van der Waals surface area contributed by atoms with E-state index in [4.69, 9.17) is 37.8 Å². The Morgan fingerprint density at radius 1 is 1.12 bits per heavy atom. The number of aliphatic carboxylic acids is 2. The number of rotatable bonds is 8. The van der Waals surface area contributed by atoms with Gasteiger partial charge in [0.2, 0.25) is 0 Å². The number of nitrogens with zero attached hydrogens (tertiary/aromatic N) is 1. The molecule has 0 bridgehead atoms. The molecular formula is C21H21Cl2F3N2O6. The third kappa shape index (κ3) is 10.4. The molecular weight excluding hydrogens is 504 g/mol. The van der Waals surface area contributed by atoms with E-state index in [2.05, 4.69) is 10.3 Å². The lowest BCUT2D eigenvalue weighted by atomic mass is 10.1. The lowest BCUT2D eigenvalue weighted by Gasteiger charge is -2.16. The number of carbonyl (C=O) groups excluding carboxylic acids is 1. The largest absolute Gasteiger partial charge is 0.490 e. The predicted octanol–water partition coefficient (Wildman–Crippen LogP) is 4.37. The van der Waals surface area contributed by atoms with Crippen molar-refractivity contribution in [3.05, 3.63) is 63.4 Å². The van der Waals surface area contributed by atoms with Crippen LogP contribution in [0.25, 0.3) is 0 Å². The number of alkyl halides is 3. The van der Waals surface area contributed by atoms with Gasteiger partial charge in [0.25, 0.3) is 5.91 Å². The van der Waals surface area contributed by atoms with Gasteiger partial charge in [-0.15, -0.1) is 0 Å². The molecule has 1 unspecified atom stereocenters. The maximum absolute atomic E-state index is 12.3. The van der Waals surface area contributed by atoms with Gasteiger partial charge in [-0.3, -0.25) is 9.78 Å². The summed E-state index contributed by atoms with van der Waals surface area (Å²) in [5.41, 5.74) is 1.67. The Kier molecular flexibility index (Phi) is 11.2. The van der Waals surface area contributed by atoms with Crippen LogP contribution in [-0.4, -0.2) is 51.4 Å². The molecule has 0 aliphatic carbocycles. The molecule has 0 aliphatic rings. The first kappa shape index (κ1) is 29.1. The van der Waals surface area contributed by atoms with Crippen LogP contribution >= 0.6 is 23.2 Å². The number of amides is 1. The Morgan fingerprint density at radius 2 is 1.74 bits per heavy atom. The zero-order valence-corrected chi connectivity index (χ0v) is 19.4. The summed E-state index contributed by atoms with van der Waals surface area (Å²) in [4.78, 5) is 36.7. The normalized spacial score (nSPS) is 11.9. The summed E-state index contributed by atoms with van der Waals surface area (Å²) in [6.07, 6.45) is -4.45. The minimum atomic E-state index is -5.08. The summed E-state index contributed by atoms with van der Waals surface area (Å²) >= 11 is 11.9. The van der Waals surface area contributed by atoms with E-state index in [-0.39, 0.29) is 30.0 Å². The Labute approximate surface area is 202 Å². The van der Waals surface area contributed by atoms with Crippen molar-refractivity contribution >= 4 is 41.0 Å². The average Bonchev–Trinajstić information content (AvgIpc) is 2.71. The topological polar surface area (TPSA) is 126 Å². The highest BCUT2D eigenvalue weighted by Crippen LogP contribution is 2.21. The van der Waals surface area contributed by atoms with Crippen LogP contribution in [0.15, 0.2) is 36.5 Å². The zero-order valence-electron chi connectivity index (χ0n) is 17.9. The molecule has 0 spiro atoms. The summed E-state index contributed by atoms with van der Waals surface area (Å²) in [6, 6.07) is 8.09. The van der Waals surface area contributed by atoms with Crippen molar-refractivity contribution in [1.29, 1.82) is 0 Å². The molecule has 1 atom stereocenters. The summed E-state index contributed by atoms with van der Waals surface area (Å²) in [7, 11) is 0. The number of carboxylic acids is 2.